The first-order chi connectivity index (χ1) is 15.9. The van der Waals surface area contributed by atoms with Crippen LogP contribution in [-0.2, 0) is 14.2 Å². The fraction of sp³-hybridized carbons (Fsp3) is 0.160. The molecule has 8 nitrogen and oxygen atoms in total. The van der Waals surface area contributed by atoms with E-state index in [9.17, 15) is 19.5 Å². The summed E-state index contributed by atoms with van der Waals surface area (Å²) < 4.78 is 14.8. The van der Waals surface area contributed by atoms with Crippen molar-refractivity contribution in [1.82, 2.24) is 0 Å². The Balaban J connectivity index is 1.55. The number of carbonyl (C=O) groups is 3. The summed E-state index contributed by atoms with van der Waals surface area (Å²) >= 11 is 0. The Labute approximate surface area is 189 Å². The van der Waals surface area contributed by atoms with E-state index in [1.807, 2.05) is 48.5 Å². The highest BCUT2D eigenvalue weighted by Crippen LogP contribution is 2.44. The summed E-state index contributed by atoms with van der Waals surface area (Å²) in [6.07, 6.45) is -0.856. The van der Waals surface area contributed by atoms with Gasteiger partial charge in [0.2, 0.25) is 0 Å². The zero-order valence-electron chi connectivity index (χ0n) is 18.0. The highest BCUT2D eigenvalue weighted by molar-refractivity contribution is 6.01. The number of hydrogen-bond donors (Lipinski definition) is 2. The summed E-state index contributed by atoms with van der Waals surface area (Å²) in [5, 5.41) is 12.8. The highest BCUT2D eigenvalue weighted by Gasteiger charge is 2.29. The largest absolute Gasteiger partial charge is 0.505 e. The molecule has 0 heterocycles. The molecule has 0 fully saturated rings. The molecule has 0 saturated heterocycles. The van der Waals surface area contributed by atoms with Crippen LogP contribution in [0.1, 0.15) is 37.8 Å². The summed E-state index contributed by atoms with van der Waals surface area (Å²) in [5.74, 6) is -2.34. The molecule has 3 aromatic rings. The lowest BCUT2D eigenvalue weighted by atomic mass is 9.98. The van der Waals surface area contributed by atoms with Crippen LogP contribution in [0.3, 0.4) is 0 Å². The van der Waals surface area contributed by atoms with Crippen molar-refractivity contribution >= 4 is 23.7 Å². The van der Waals surface area contributed by atoms with Crippen LogP contribution in [0.25, 0.3) is 11.1 Å². The molecule has 0 saturated carbocycles. The van der Waals surface area contributed by atoms with Gasteiger partial charge in [0.15, 0.2) is 5.75 Å². The zero-order chi connectivity index (χ0) is 23.5. The number of phenolic OH excluding ortho intramolecular Hbond substituents is 1. The predicted molar refractivity (Wildman–Crippen MR) is 119 cm³/mol. The van der Waals surface area contributed by atoms with Crippen LogP contribution < -0.4 is 5.32 Å². The standard InChI is InChI=1S/C25H21NO7/c1-31-23(28)14-11-19(24(29)32-2)22(27)21(12-14)26-25(30)33-13-20-17-9-5-3-7-15(17)16-8-4-6-10-18(16)20/h3-12,20,27H,13H2,1-2H3,(H,26,30). The smallest absolute Gasteiger partial charge is 0.411 e. The molecule has 1 aliphatic rings. The Kier molecular flexibility index (Phi) is 5.99. The molecule has 0 atom stereocenters. The van der Waals surface area contributed by atoms with E-state index in [0.717, 1.165) is 35.4 Å². The fourth-order valence-electron chi connectivity index (χ4n) is 3.98. The first-order valence-electron chi connectivity index (χ1n) is 10.1. The molecule has 1 aliphatic carbocycles. The average Bonchev–Trinajstić information content (AvgIpc) is 3.16. The van der Waals surface area contributed by atoms with Crippen molar-refractivity contribution < 1.29 is 33.7 Å². The van der Waals surface area contributed by atoms with Crippen LogP contribution in [0, 0.1) is 0 Å². The van der Waals surface area contributed by atoms with Crippen molar-refractivity contribution in [2.24, 2.45) is 0 Å². The third-order valence-corrected chi connectivity index (χ3v) is 5.52. The first kappa shape index (κ1) is 21.9. The summed E-state index contributed by atoms with van der Waals surface area (Å²) in [4.78, 5) is 36.5. The fourth-order valence-corrected chi connectivity index (χ4v) is 3.98. The number of rotatable bonds is 5. The number of ether oxygens (including phenoxy) is 3. The van der Waals surface area contributed by atoms with Gasteiger partial charge in [-0.25, -0.2) is 14.4 Å². The van der Waals surface area contributed by atoms with E-state index in [-0.39, 0.29) is 29.3 Å². The number of phenols is 1. The minimum atomic E-state index is -0.881. The van der Waals surface area contributed by atoms with Crippen LogP contribution in [0.2, 0.25) is 0 Å². The van der Waals surface area contributed by atoms with Gasteiger partial charge in [-0.05, 0) is 34.4 Å². The van der Waals surface area contributed by atoms with Gasteiger partial charge in [0, 0.05) is 5.92 Å². The lowest BCUT2D eigenvalue weighted by Gasteiger charge is -2.16. The van der Waals surface area contributed by atoms with Gasteiger partial charge in [0.25, 0.3) is 0 Å². The lowest BCUT2D eigenvalue weighted by Crippen LogP contribution is -2.19. The van der Waals surface area contributed by atoms with Crippen molar-refractivity contribution in [2.45, 2.75) is 5.92 Å². The number of esters is 2. The van der Waals surface area contributed by atoms with Gasteiger partial charge in [0.05, 0.1) is 25.5 Å². The minimum absolute atomic E-state index is 0.0513. The molecule has 8 heteroatoms. The third-order valence-electron chi connectivity index (χ3n) is 5.52. The summed E-state index contributed by atoms with van der Waals surface area (Å²) in [6, 6.07) is 18.1. The number of nitrogens with one attached hydrogen (secondary N) is 1. The molecule has 0 radical (unpaired) electrons. The maximum Gasteiger partial charge on any atom is 0.411 e. The van der Waals surface area contributed by atoms with Gasteiger partial charge in [-0.3, -0.25) is 5.32 Å². The van der Waals surface area contributed by atoms with Gasteiger partial charge in [0.1, 0.15) is 12.2 Å². The van der Waals surface area contributed by atoms with Crippen molar-refractivity contribution in [3.63, 3.8) is 0 Å². The first-order valence-corrected chi connectivity index (χ1v) is 10.1. The molecule has 0 aromatic heterocycles. The number of hydrogen-bond acceptors (Lipinski definition) is 7. The molecule has 0 spiro atoms. The van der Waals surface area contributed by atoms with Gasteiger partial charge in [-0.1, -0.05) is 48.5 Å². The van der Waals surface area contributed by atoms with E-state index < -0.39 is 23.8 Å². The van der Waals surface area contributed by atoms with Crippen LogP contribution in [0.15, 0.2) is 60.7 Å². The van der Waals surface area contributed by atoms with Crippen LogP contribution >= 0.6 is 0 Å². The summed E-state index contributed by atoms with van der Waals surface area (Å²) in [7, 11) is 2.30. The highest BCUT2D eigenvalue weighted by atomic mass is 16.5. The second-order valence-corrected chi connectivity index (χ2v) is 7.35. The van der Waals surface area contributed by atoms with Crippen LogP contribution in [0.5, 0.6) is 5.75 Å². The summed E-state index contributed by atoms with van der Waals surface area (Å²) in [6.45, 7) is 0.0567. The van der Waals surface area contributed by atoms with E-state index in [4.69, 9.17) is 4.74 Å². The van der Waals surface area contributed by atoms with Gasteiger partial charge in [-0.15, -0.1) is 0 Å². The molecule has 168 valence electrons. The molecular weight excluding hydrogens is 426 g/mol. The molecule has 0 aliphatic heterocycles. The topological polar surface area (TPSA) is 111 Å². The number of benzene rings is 3. The Morgan fingerprint density at radius 1 is 0.879 bits per heavy atom. The predicted octanol–water partition coefficient (Wildman–Crippen LogP) is 4.33. The Bertz CT molecular complexity index is 1210. The SMILES string of the molecule is COC(=O)c1cc(NC(=O)OCC2c3ccccc3-c3ccccc32)c(O)c(C(=O)OC)c1. The molecule has 0 unspecified atom stereocenters. The Hall–Kier alpha value is -4.33. The van der Waals surface area contributed by atoms with E-state index in [1.165, 1.54) is 13.2 Å². The van der Waals surface area contributed by atoms with Crippen molar-refractivity contribution in [3.05, 3.63) is 82.9 Å². The van der Waals surface area contributed by atoms with Crippen LogP contribution in [0.4, 0.5) is 10.5 Å². The van der Waals surface area contributed by atoms with Gasteiger partial charge < -0.3 is 19.3 Å². The van der Waals surface area contributed by atoms with Crippen LogP contribution in [-0.4, -0.2) is 44.0 Å². The second kappa shape index (κ2) is 9.04. The number of carbonyl (C=O) groups excluding carboxylic acids is 3. The number of methoxy groups -OCH3 is 2. The molecule has 3 aromatic carbocycles. The molecule has 33 heavy (non-hydrogen) atoms. The quantitative estimate of drug-likeness (QED) is 0.340. The maximum absolute atomic E-state index is 12.6. The number of aromatic hydroxyl groups is 1. The molecule has 2 N–H and O–H groups in total. The van der Waals surface area contributed by atoms with E-state index >= 15 is 0 Å². The van der Waals surface area contributed by atoms with E-state index in [2.05, 4.69) is 14.8 Å². The minimum Gasteiger partial charge on any atom is -0.505 e. The van der Waals surface area contributed by atoms with Gasteiger partial charge in [-0.2, -0.15) is 0 Å². The summed E-state index contributed by atoms with van der Waals surface area (Å²) in [5.41, 5.74) is 3.75. The van der Waals surface area contributed by atoms with Gasteiger partial charge >= 0.3 is 18.0 Å². The second-order valence-electron chi connectivity index (χ2n) is 7.35. The molecule has 1 amide bonds. The lowest BCUT2D eigenvalue weighted by molar-refractivity contribution is 0.0596. The number of fused-ring (bicyclic) bond motifs is 3. The zero-order valence-corrected chi connectivity index (χ0v) is 18.0. The Morgan fingerprint density at radius 3 is 2.03 bits per heavy atom. The van der Waals surface area contributed by atoms with Crippen molar-refractivity contribution in [2.75, 3.05) is 26.1 Å². The molecular formula is C25H21NO7. The van der Waals surface area contributed by atoms with E-state index in [1.54, 1.807) is 0 Å². The normalized spacial score (nSPS) is 11.8. The average molecular weight is 447 g/mol. The maximum atomic E-state index is 12.6. The molecule has 4 rings (SSSR count). The van der Waals surface area contributed by atoms with Crippen molar-refractivity contribution in [3.8, 4) is 16.9 Å². The Morgan fingerprint density at radius 2 is 1.45 bits per heavy atom. The van der Waals surface area contributed by atoms with Crippen molar-refractivity contribution in [1.29, 1.82) is 0 Å². The number of amides is 1. The monoisotopic (exact) mass is 447 g/mol. The number of anilines is 1. The van der Waals surface area contributed by atoms with E-state index in [0.29, 0.717) is 0 Å². The third kappa shape index (κ3) is 4.10. The molecule has 0 bridgehead atoms.